The Morgan fingerprint density at radius 1 is 1.22 bits per heavy atom. The summed E-state index contributed by atoms with van der Waals surface area (Å²) in [6.07, 6.45) is 1.20. The van der Waals surface area contributed by atoms with Crippen LogP contribution in [-0.4, -0.2) is 44.7 Å². The number of benzene rings is 2. The van der Waals surface area contributed by atoms with E-state index in [1.165, 1.54) is 17.7 Å². The summed E-state index contributed by atoms with van der Waals surface area (Å²) in [6, 6.07) is 10.1. The van der Waals surface area contributed by atoms with Gasteiger partial charge in [0, 0.05) is 44.2 Å². The van der Waals surface area contributed by atoms with Gasteiger partial charge >= 0.3 is 0 Å². The molecule has 1 aliphatic rings. The van der Waals surface area contributed by atoms with Crippen LogP contribution >= 0.6 is 0 Å². The largest absolute Gasteiger partial charge is 0.494 e. The number of hydrogen-bond donors (Lipinski definition) is 3. The molecule has 1 aliphatic heterocycles. The van der Waals surface area contributed by atoms with E-state index in [1.807, 2.05) is 13.0 Å². The average molecular weight is 443 g/mol. The van der Waals surface area contributed by atoms with Gasteiger partial charge in [0.05, 0.1) is 13.0 Å². The summed E-state index contributed by atoms with van der Waals surface area (Å²) in [7, 11) is 1.69. The van der Waals surface area contributed by atoms with Crippen LogP contribution in [0.3, 0.4) is 0 Å². The second-order valence-corrected chi connectivity index (χ2v) is 7.64. The van der Waals surface area contributed by atoms with E-state index < -0.39 is 0 Å². The number of rotatable bonds is 9. The number of amides is 1. The van der Waals surface area contributed by atoms with Crippen molar-refractivity contribution in [2.24, 2.45) is 4.99 Å². The van der Waals surface area contributed by atoms with Crippen molar-refractivity contribution in [3.8, 4) is 11.5 Å². The Kier molecular flexibility index (Phi) is 8.30. The first kappa shape index (κ1) is 23.4. The molecule has 0 saturated carbocycles. The maximum Gasteiger partial charge on any atom is 0.224 e. The van der Waals surface area contributed by atoms with Gasteiger partial charge in [0.2, 0.25) is 5.91 Å². The summed E-state index contributed by atoms with van der Waals surface area (Å²) in [5, 5.41) is 9.26. The molecule has 7 nitrogen and oxygen atoms in total. The molecule has 1 heterocycles. The Morgan fingerprint density at radius 2 is 2.03 bits per heavy atom. The van der Waals surface area contributed by atoms with Crippen LogP contribution in [0.2, 0.25) is 0 Å². The quantitative estimate of drug-likeness (QED) is 0.316. The maximum atomic E-state index is 13.2. The van der Waals surface area contributed by atoms with Crippen LogP contribution in [0.5, 0.6) is 11.5 Å². The molecule has 0 radical (unpaired) electrons. The highest BCUT2D eigenvalue weighted by Crippen LogP contribution is 2.35. The van der Waals surface area contributed by atoms with E-state index in [2.05, 4.69) is 33.9 Å². The molecule has 0 bridgehead atoms. The van der Waals surface area contributed by atoms with Gasteiger partial charge in [-0.25, -0.2) is 4.39 Å². The van der Waals surface area contributed by atoms with Crippen LogP contribution in [0.15, 0.2) is 41.4 Å². The first-order chi connectivity index (χ1) is 15.5. The van der Waals surface area contributed by atoms with Gasteiger partial charge in [0.15, 0.2) is 5.96 Å². The number of hydrogen-bond acceptors (Lipinski definition) is 4. The topological polar surface area (TPSA) is 84.0 Å². The third-order valence-electron chi connectivity index (χ3n) is 5.04. The molecule has 0 aliphatic carbocycles. The smallest absolute Gasteiger partial charge is 0.224 e. The molecule has 3 N–H and O–H groups in total. The number of guanidine groups is 1. The SMILES string of the molecule is CCOc1cc2c(cc1CNC(=NC)NCCNC(=O)Cc1cccc(F)c1)OC(C)C2. The molecule has 0 spiro atoms. The number of ether oxygens (including phenoxy) is 2. The van der Waals surface area contributed by atoms with Gasteiger partial charge in [0.1, 0.15) is 23.4 Å². The van der Waals surface area contributed by atoms with Crippen molar-refractivity contribution in [3.63, 3.8) is 0 Å². The molecular formula is C24H31FN4O3. The Labute approximate surface area is 188 Å². The first-order valence-corrected chi connectivity index (χ1v) is 10.9. The maximum absolute atomic E-state index is 13.2. The zero-order valence-electron chi connectivity index (χ0n) is 18.8. The summed E-state index contributed by atoms with van der Waals surface area (Å²) < 4.78 is 24.9. The zero-order valence-corrected chi connectivity index (χ0v) is 18.8. The van der Waals surface area contributed by atoms with E-state index in [-0.39, 0.29) is 24.2 Å². The van der Waals surface area contributed by atoms with Crippen LogP contribution < -0.4 is 25.4 Å². The molecule has 2 aromatic carbocycles. The summed E-state index contributed by atoms with van der Waals surface area (Å²) in [5.41, 5.74) is 2.80. The van der Waals surface area contributed by atoms with Crippen molar-refractivity contribution >= 4 is 11.9 Å². The molecular weight excluding hydrogens is 411 g/mol. The van der Waals surface area contributed by atoms with E-state index in [0.717, 1.165) is 23.5 Å². The minimum Gasteiger partial charge on any atom is -0.494 e. The lowest BCUT2D eigenvalue weighted by Crippen LogP contribution is -2.41. The zero-order chi connectivity index (χ0) is 22.9. The molecule has 0 saturated heterocycles. The van der Waals surface area contributed by atoms with Crippen molar-refractivity contribution in [1.29, 1.82) is 0 Å². The van der Waals surface area contributed by atoms with Gasteiger partial charge in [-0.15, -0.1) is 0 Å². The van der Waals surface area contributed by atoms with Crippen LogP contribution in [0.4, 0.5) is 4.39 Å². The van der Waals surface area contributed by atoms with Crippen LogP contribution in [0.25, 0.3) is 0 Å². The lowest BCUT2D eigenvalue weighted by molar-refractivity contribution is -0.120. The summed E-state index contributed by atoms with van der Waals surface area (Å²) in [5.74, 6) is 1.86. The Hall–Kier alpha value is -3.29. The lowest BCUT2D eigenvalue weighted by Gasteiger charge is -2.16. The highest BCUT2D eigenvalue weighted by molar-refractivity contribution is 5.80. The Bertz CT molecular complexity index is 964. The molecule has 8 heteroatoms. The van der Waals surface area contributed by atoms with E-state index in [0.29, 0.717) is 37.8 Å². The van der Waals surface area contributed by atoms with Crippen molar-refractivity contribution in [2.45, 2.75) is 39.3 Å². The van der Waals surface area contributed by atoms with E-state index in [4.69, 9.17) is 9.47 Å². The van der Waals surface area contributed by atoms with Crippen molar-refractivity contribution in [1.82, 2.24) is 16.0 Å². The van der Waals surface area contributed by atoms with Gasteiger partial charge in [0.25, 0.3) is 0 Å². The number of nitrogens with one attached hydrogen (secondary N) is 3. The Balaban J connectivity index is 1.45. The highest BCUT2D eigenvalue weighted by Gasteiger charge is 2.21. The number of carbonyl (C=O) groups excluding carboxylic acids is 1. The molecule has 1 atom stereocenters. The summed E-state index contributed by atoms with van der Waals surface area (Å²) in [6.45, 7) is 6.05. The van der Waals surface area contributed by atoms with Crippen LogP contribution in [0, 0.1) is 5.82 Å². The third-order valence-corrected chi connectivity index (χ3v) is 5.04. The molecule has 32 heavy (non-hydrogen) atoms. The van der Waals surface area contributed by atoms with E-state index in [1.54, 1.807) is 19.2 Å². The number of aliphatic imine (C=N–C) groups is 1. The molecule has 0 aromatic heterocycles. The number of nitrogens with zero attached hydrogens (tertiary/aromatic N) is 1. The standard InChI is InChI=1S/C24H31FN4O3/c1-4-31-21-13-18-10-16(2)32-22(18)14-19(21)15-29-24(26-3)28-9-8-27-23(30)12-17-6-5-7-20(25)11-17/h5-7,11,13-14,16H,4,8-10,12,15H2,1-3H3,(H,27,30)(H2,26,28,29). The fraction of sp³-hybridized carbons (Fsp3) is 0.417. The van der Waals surface area contributed by atoms with Crippen molar-refractivity contribution in [2.75, 3.05) is 26.7 Å². The minimum absolute atomic E-state index is 0.143. The van der Waals surface area contributed by atoms with E-state index >= 15 is 0 Å². The first-order valence-electron chi connectivity index (χ1n) is 10.9. The van der Waals surface area contributed by atoms with Gasteiger partial charge in [-0.2, -0.15) is 0 Å². The van der Waals surface area contributed by atoms with Gasteiger partial charge < -0.3 is 25.4 Å². The van der Waals surface area contributed by atoms with E-state index in [9.17, 15) is 9.18 Å². The predicted molar refractivity (Wildman–Crippen MR) is 123 cm³/mol. The minimum atomic E-state index is -0.344. The second kappa shape index (κ2) is 11.4. The van der Waals surface area contributed by atoms with Crippen LogP contribution in [0.1, 0.15) is 30.5 Å². The number of carbonyl (C=O) groups is 1. The molecule has 172 valence electrons. The fourth-order valence-corrected chi connectivity index (χ4v) is 3.59. The summed E-state index contributed by atoms with van der Waals surface area (Å²) in [4.78, 5) is 16.3. The Morgan fingerprint density at radius 3 is 2.78 bits per heavy atom. The summed E-state index contributed by atoms with van der Waals surface area (Å²) >= 11 is 0. The van der Waals surface area contributed by atoms with Gasteiger partial charge in [-0.3, -0.25) is 9.79 Å². The van der Waals surface area contributed by atoms with Crippen molar-refractivity contribution < 1.29 is 18.7 Å². The highest BCUT2D eigenvalue weighted by atomic mass is 19.1. The lowest BCUT2D eigenvalue weighted by atomic mass is 10.1. The fourth-order valence-electron chi connectivity index (χ4n) is 3.59. The van der Waals surface area contributed by atoms with Gasteiger partial charge in [-0.05, 0) is 43.7 Å². The molecule has 3 rings (SSSR count). The monoisotopic (exact) mass is 442 g/mol. The molecule has 1 unspecified atom stereocenters. The molecule has 2 aromatic rings. The normalized spacial score (nSPS) is 15.0. The van der Waals surface area contributed by atoms with Crippen molar-refractivity contribution in [3.05, 3.63) is 58.9 Å². The molecule has 1 amide bonds. The predicted octanol–water partition coefficient (Wildman–Crippen LogP) is 2.57. The molecule has 0 fully saturated rings. The number of fused-ring (bicyclic) bond motifs is 1. The number of halogens is 1. The van der Waals surface area contributed by atoms with Gasteiger partial charge in [-0.1, -0.05) is 12.1 Å². The average Bonchev–Trinajstić information content (AvgIpc) is 3.12. The van der Waals surface area contributed by atoms with Crippen LogP contribution in [-0.2, 0) is 24.2 Å². The second-order valence-electron chi connectivity index (χ2n) is 7.64. The third kappa shape index (κ3) is 6.60.